The average Bonchev–Trinajstić information content (AvgIpc) is 3.27. The van der Waals surface area contributed by atoms with Crippen molar-refractivity contribution in [3.63, 3.8) is 0 Å². The molecule has 154 valence electrons. The minimum atomic E-state index is 0.334. The second kappa shape index (κ2) is 9.71. The summed E-state index contributed by atoms with van der Waals surface area (Å²) in [6.07, 6.45) is 8.07. The Morgan fingerprint density at radius 1 is 1.36 bits per heavy atom. The van der Waals surface area contributed by atoms with E-state index in [1.54, 1.807) is 0 Å². The fraction of sp³-hybridized carbons (Fsp3) is 0.700. The van der Waals surface area contributed by atoms with Gasteiger partial charge in [0, 0.05) is 50.4 Å². The van der Waals surface area contributed by atoms with E-state index in [1.807, 2.05) is 19.3 Å². The van der Waals surface area contributed by atoms with Gasteiger partial charge in [0.1, 0.15) is 11.6 Å². The van der Waals surface area contributed by atoms with Crippen LogP contribution in [0.5, 0.6) is 0 Å². The van der Waals surface area contributed by atoms with Crippen molar-refractivity contribution in [3.05, 3.63) is 29.9 Å². The van der Waals surface area contributed by atoms with E-state index < -0.39 is 0 Å². The first-order valence-corrected chi connectivity index (χ1v) is 10.5. The summed E-state index contributed by atoms with van der Waals surface area (Å²) < 4.78 is 4.25. The van der Waals surface area contributed by atoms with Crippen molar-refractivity contribution >= 4 is 5.96 Å². The van der Waals surface area contributed by atoms with Gasteiger partial charge in [0.05, 0.1) is 6.54 Å². The van der Waals surface area contributed by atoms with E-state index in [-0.39, 0.29) is 0 Å². The quantitative estimate of drug-likeness (QED) is 0.413. The Balaban J connectivity index is 1.48. The number of guanidine groups is 1. The van der Waals surface area contributed by atoms with Crippen molar-refractivity contribution in [2.75, 3.05) is 13.1 Å². The van der Waals surface area contributed by atoms with Crippen LogP contribution in [0.4, 0.5) is 0 Å². The number of aryl methyl sites for hydroxylation is 3. The third-order valence-electron chi connectivity index (χ3n) is 5.08. The summed E-state index contributed by atoms with van der Waals surface area (Å²) in [7, 11) is 0. The SMILES string of the molecule is CCNC(=NCCCCn1ccnc1C)NC1CCc2nc(C(C)C)nn2C1. The minimum Gasteiger partial charge on any atom is -0.357 e. The maximum atomic E-state index is 4.76. The van der Waals surface area contributed by atoms with E-state index in [1.165, 1.54) is 0 Å². The molecule has 2 aromatic rings. The van der Waals surface area contributed by atoms with Gasteiger partial charge >= 0.3 is 0 Å². The summed E-state index contributed by atoms with van der Waals surface area (Å²) in [4.78, 5) is 13.7. The lowest BCUT2D eigenvalue weighted by atomic mass is 10.1. The molecule has 8 nitrogen and oxygen atoms in total. The third-order valence-corrected chi connectivity index (χ3v) is 5.08. The Hall–Kier alpha value is -2.38. The summed E-state index contributed by atoms with van der Waals surface area (Å²) in [5.74, 6) is 4.40. The Labute approximate surface area is 167 Å². The van der Waals surface area contributed by atoms with Gasteiger partial charge in [0.15, 0.2) is 11.8 Å². The lowest BCUT2D eigenvalue weighted by molar-refractivity contribution is 0.391. The van der Waals surface area contributed by atoms with Crippen molar-refractivity contribution in [3.8, 4) is 0 Å². The number of fused-ring (bicyclic) bond motifs is 1. The van der Waals surface area contributed by atoms with Crippen LogP contribution in [-0.4, -0.2) is 49.4 Å². The van der Waals surface area contributed by atoms with Crippen LogP contribution in [0.25, 0.3) is 0 Å². The largest absolute Gasteiger partial charge is 0.357 e. The third kappa shape index (κ3) is 5.33. The van der Waals surface area contributed by atoms with E-state index >= 15 is 0 Å². The van der Waals surface area contributed by atoms with Crippen molar-refractivity contribution in [1.82, 2.24) is 34.9 Å². The second-order valence-corrected chi connectivity index (χ2v) is 7.74. The molecule has 1 unspecified atom stereocenters. The minimum absolute atomic E-state index is 0.334. The molecular formula is C20H34N8. The Bertz CT molecular complexity index is 773. The van der Waals surface area contributed by atoms with Crippen LogP contribution in [0.15, 0.2) is 17.4 Å². The number of hydrogen-bond donors (Lipinski definition) is 2. The van der Waals surface area contributed by atoms with E-state index in [9.17, 15) is 0 Å². The fourth-order valence-electron chi connectivity index (χ4n) is 3.43. The van der Waals surface area contributed by atoms with Gasteiger partial charge in [-0.1, -0.05) is 13.8 Å². The highest BCUT2D eigenvalue weighted by Gasteiger charge is 2.23. The Morgan fingerprint density at radius 3 is 2.93 bits per heavy atom. The van der Waals surface area contributed by atoms with Crippen LogP contribution in [0.2, 0.25) is 0 Å². The zero-order chi connectivity index (χ0) is 19.9. The van der Waals surface area contributed by atoms with Gasteiger partial charge in [-0.15, -0.1) is 0 Å². The van der Waals surface area contributed by atoms with Crippen LogP contribution in [0, 0.1) is 6.92 Å². The second-order valence-electron chi connectivity index (χ2n) is 7.74. The number of aromatic nitrogens is 5. The zero-order valence-electron chi connectivity index (χ0n) is 17.6. The highest BCUT2D eigenvalue weighted by molar-refractivity contribution is 5.80. The van der Waals surface area contributed by atoms with Gasteiger partial charge in [-0.25, -0.2) is 14.6 Å². The number of aliphatic imine (C=N–C) groups is 1. The van der Waals surface area contributed by atoms with E-state index in [0.29, 0.717) is 12.0 Å². The van der Waals surface area contributed by atoms with Crippen molar-refractivity contribution in [1.29, 1.82) is 0 Å². The number of rotatable bonds is 8. The summed E-state index contributed by atoms with van der Waals surface area (Å²) in [6.45, 7) is 12.0. The first-order chi connectivity index (χ1) is 13.6. The topological polar surface area (TPSA) is 84.9 Å². The molecule has 0 bridgehead atoms. The van der Waals surface area contributed by atoms with Crippen molar-refractivity contribution < 1.29 is 0 Å². The Morgan fingerprint density at radius 2 is 2.21 bits per heavy atom. The maximum Gasteiger partial charge on any atom is 0.191 e. The summed E-state index contributed by atoms with van der Waals surface area (Å²) in [6, 6.07) is 0.334. The van der Waals surface area contributed by atoms with Gasteiger partial charge < -0.3 is 15.2 Å². The molecule has 28 heavy (non-hydrogen) atoms. The molecular weight excluding hydrogens is 352 g/mol. The van der Waals surface area contributed by atoms with Crippen LogP contribution in [-0.2, 0) is 19.5 Å². The van der Waals surface area contributed by atoms with Gasteiger partial charge in [-0.05, 0) is 33.1 Å². The molecule has 0 amide bonds. The first-order valence-electron chi connectivity index (χ1n) is 10.5. The molecule has 3 rings (SSSR count). The van der Waals surface area contributed by atoms with Crippen molar-refractivity contribution in [2.45, 2.75) is 78.4 Å². The van der Waals surface area contributed by atoms with E-state index in [2.05, 4.69) is 55.7 Å². The highest BCUT2D eigenvalue weighted by Crippen LogP contribution is 2.16. The molecule has 0 saturated carbocycles. The first kappa shape index (κ1) is 20.4. The van der Waals surface area contributed by atoms with Crippen LogP contribution in [0.3, 0.4) is 0 Å². The van der Waals surface area contributed by atoms with Crippen molar-refractivity contribution in [2.24, 2.45) is 4.99 Å². The zero-order valence-corrected chi connectivity index (χ0v) is 17.6. The van der Waals surface area contributed by atoms with Crippen LogP contribution < -0.4 is 10.6 Å². The van der Waals surface area contributed by atoms with Gasteiger partial charge in [0.25, 0.3) is 0 Å². The van der Waals surface area contributed by atoms with Gasteiger partial charge in [-0.3, -0.25) is 4.99 Å². The molecule has 3 heterocycles. The molecule has 0 saturated heterocycles. The molecule has 1 aliphatic rings. The van der Waals surface area contributed by atoms with E-state index in [0.717, 1.165) is 75.3 Å². The fourth-order valence-corrected chi connectivity index (χ4v) is 3.43. The summed E-state index contributed by atoms with van der Waals surface area (Å²) in [5.41, 5.74) is 0. The molecule has 2 N–H and O–H groups in total. The lowest BCUT2D eigenvalue weighted by Crippen LogP contribution is -2.47. The Kier molecular flexibility index (Phi) is 7.06. The normalized spacial score (nSPS) is 17.0. The number of unbranched alkanes of at least 4 members (excludes halogenated alkanes) is 1. The molecule has 0 radical (unpaired) electrons. The molecule has 2 aromatic heterocycles. The smallest absolute Gasteiger partial charge is 0.191 e. The average molecular weight is 387 g/mol. The maximum absolute atomic E-state index is 4.76. The molecule has 0 aliphatic carbocycles. The standard InChI is InChI=1S/C20H34N8/c1-5-21-20(23-10-6-7-12-27-13-11-22-16(27)4)24-17-8-9-18-25-19(15(2)3)26-28(18)14-17/h11,13,15,17H,5-10,12,14H2,1-4H3,(H2,21,23,24). The number of nitrogens with one attached hydrogen (secondary N) is 2. The van der Waals surface area contributed by atoms with Crippen LogP contribution in [0.1, 0.15) is 63.4 Å². The summed E-state index contributed by atoms with van der Waals surface area (Å²) in [5, 5.41) is 11.6. The molecule has 0 aromatic carbocycles. The molecule has 1 aliphatic heterocycles. The molecule has 1 atom stereocenters. The molecule has 0 spiro atoms. The number of nitrogens with zero attached hydrogens (tertiary/aromatic N) is 6. The molecule has 8 heteroatoms. The van der Waals surface area contributed by atoms with Crippen LogP contribution >= 0.6 is 0 Å². The number of imidazole rings is 1. The predicted molar refractivity (Wildman–Crippen MR) is 112 cm³/mol. The van der Waals surface area contributed by atoms with E-state index in [4.69, 9.17) is 4.99 Å². The van der Waals surface area contributed by atoms with Gasteiger partial charge in [0.2, 0.25) is 0 Å². The molecule has 0 fully saturated rings. The monoisotopic (exact) mass is 386 g/mol. The predicted octanol–water partition coefficient (Wildman–Crippen LogP) is 2.26. The lowest BCUT2D eigenvalue weighted by Gasteiger charge is -2.25. The number of hydrogen-bond acceptors (Lipinski definition) is 4. The van der Waals surface area contributed by atoms with Gasteiger partial charge in [-0.2, -0.15) is 5.10 Å². The highest BCUT2D eigenvalue weighted by atomic mass is 15.4. The summed E-state index contributed by atoms with van der Waals surface area (Å²) >= 11 is 0.